The Labute approximate surface area is 111 Å². The van der Waals surface area contributed by atoms with Crippen molar-refractivity contribution in [3.05, 3.63) is 35.7 Å². The van der Waals surface area contributed by atoms with Gasteiger partial charge in [-0.25, -0.2) is 13.8 Å². The summed E-state index contributed by atoms with van der Waals surface area (Å²) in [4.78, 5) is 4.38. The van der Waals surface area contributed by atoms with Crippen LogP contribution in [0.4, 0.5) is 14.6 Å². The van der Waals surface area contributed by atoms with Crippen molar-refractivity contribution in [1.29, 1.82) is 0 Å². The van der Waals surface area contributed by atoms with Crippen molar-refractivity contribution in [3.63, 3.8) is 0 Å². The van der Waals surface area contributed by atoms with E-state index in [1.807, 2.05) is 20.8 Å². The second kappa shape index (κ2) is 4.33. The Morgan fingerprint density at radius 3 is 2.37 bits per heavy atom. The average Bonchev–Trinajstić information content (AvgIpc) is 2.60. The van der Waals surface area contributed by atoms with Crippen LogP contribution in [0.1, 0.15) is 26.6 Å². The molecule has 0 saturated carbocycles. The van der Waals surface area contributed by atoms with Crippen LogP contribution in [0.15, 0.2) is 18.2 Å². The van der Waals surface area contributed by atoms with Crippen molar-refractivity contribution < 1.29 is 8.78 Å². The van der Waals surface area contributed by atoms with Crippen LogP contribution in [0, 0.1) is 11.6 Å². The first kappa shape index (κ1) is 13.5. The Hall–Kier alpha value is -1.91. The summed E-state index contributed by atoms with van der Waals surface area (Å²) < 4.78 is 28.8. The molecule has 0 unspecified atom stereocenters. The van der Waals surface area contributed by atoms with Crippen LogP contribution in [0.5, 0.6) is 0 Å². The summed E-state index contributed by atoms with van der Waals surface area (Å²) in [6.07, 6.45) is 0. The molecule has 5 heteroatoms. The van der Waals surface area contributed by atoms with Gasteiger partial charge in [-0.1, -0.05) is 26.8 Å². The first-order valence-corrected chi connectivity index (χ1v) is 6.00. The maximum atomic E-state index is 13.8. The minimum absolute atomic E-state index is 0.0867. The summed E-state index contributed by atoms with van der Waals surface area (Å²) in [7, 11) is 1.77. The molecule has 0 aliphatic carbocycles. The van der Waals surface area contributed by atoms with Crippen molar-refractivity contribution in [2.45, 2.75) is 26.2 Å². The Bertz CT molecular complexity index is 624. The van der Waals surface area contributed by atoms with Crippen LogP contribution in [0.2, 0.25) is 0 Å². The number of imidazole rings is 1. The number of halogens is 2. The zero-order chi connectivity index (χ0) is 14.4. The molecule has 1 heterocycles. The van der Waals surface area contributed by atoms with E-state index in [0.717, 1.165) is 11.9 Å². The van der Waals surface area contributed by atoms with E-state index >= 15 is 0 Å². The number of aromatic nitrogens is 2. The van der Waals surface area contributed by atoms with Crippen molar-refractivity contribution in [3.8, 4) is 11.3 Å². The fourth-order valence-corrected chi connectivity index (χ4v) is 2.07. The molecular weight excluding hydrogens is 248 g/mol. The summed E-state index contributed by atoms with van der Waals surface area (Å²) in [5.74, 6) is -0.772. The lowest BCUT2D eigenvalue weighted by molar-refractivity contribution is 0.510. The maximum Gasteiger partial charge on any atom is 0.168 e. The molecule has 2 N–H and O–H groups in total. The molecule has 0 spiro atoms. The van der Waals surface area contributed by atoms with Gasteiger partial charge in [0.05, 0.1) is 0 Å². The molecule has 0 bridgehead atoms. The van der Waals surface area contributed by atoms with Gasteiger partial charge in [-0.15, -0.1) is 0 Å². The van der Waals surface area contributed by atoms with E-state index in [1.165, 1.54) is 12.1 Å². The molecule has 0 aliphatic rings. The molecule has 2 rings (SSSR count). The summed E-state index contributed by atoms with van der Waals surface area (Å²) in [6.45, 7) is 5.96. The average molecular weight is 265 g/mol. The van der Waals surface area contributed by atoms with E-state index in [1.54, 1.807) is 11.6 Å². The third-order valence-corrected chi connectivity index (χ3v) is 3.02. The van der Waals surface area contributed by atoms with E-state index < -0.39 is 11.6 Å². The standard InChI is InChI=1S/C14H17F2N3/c1-14(2,3)13-18-11(12(17)19(13)4)8-6-5-7-9(15)10(8)16/h5-7H,17H2,1-4H3. The summed E-state index contributed by atoms with van der Waals surface area (Å²) in [6, 6.07) is 3.99. The van der Waals surface area contributed by atoms with E-state index in [-0.39, 0.29) is 16.7 Å². The van der Waals surface area contributed by atoms with Crippen molar-refractivity contribution in [2.24, 2.45) is 7.05 Å². The van der Waals surface area contributed by atoms with Gasteiger partial charge in [-0.3, -0.25) is 0 Å². The molecule has 3 nitrogen and oxygen atoms in total. The number of nitrogen functional groups attached to an aromatic ring is 1. The van der Waals surface area contributed by atoms with Gasteiger partial charge in [0.2, 0.25) is 0 Å². The summed E-state index contributed by atoms with van der Waals surface area (Å²) in [5, 5.41) is 0. The molecule has 0 fully saturated rings. The fraction of sp³-hybridized carbons (Fsp3) is 0.357. The first-order valence-electron chi connectivity index (χ1n) is 6.00. The number of rotatable bonds is 1. The Balaban J connectivity index is 2.68. The van der Waals surface area contributed by atoms with Crippen molar-refractivity contribution in [1.82, 2.24) is 9.55 Å². The molecule has 0 amide bonds. The number of nitrogens with two attached hydrogens (primary N) is 1. The second-order valence-corrected chi connectivity index (χ2v) is 5.58. The van der Waals surface area contributed by atoms with Crippen LogP contribution >= 0.6 is 0 Å². The lowest BCUT2D eigenvalue weighted by atomic mass is 9.96. The van der Waals surface area contributed by atoms with Crippen molar-refractivity contribution >= 4 is 5.82 Å². The monoisotopic (exact) mass is 265 g/mol. The van der Waals surface area contributed by atoms with Gasteiger partial charge >= 0.3 is 0 Å². The van der Waals surface area contributed by atoms with Gasteiger partial charge in [-0.2, -0.15) is 0 Å². The molecule has 1 aromatic heterocycles. The number of nitrogens with zero attached hydrogens (tertiary/aromatic N) is 2. The summed E-state index contributed by atoms with van der Waals surface area (Å²) >= 11 is 0. The molecule has 0 aliphatic heterocycles. The fourth-order valence-electron chi connectivity index (χ4n) is 2.07. The van der Waals surface area contributed by atoms with Gasteiger partial charge in [0.15, 0.2) is 11.6 Å². The minimum Gasteiger partial charge on any atom is -0.383 e. The number of anilines is 1. The quantitative estimate of drug-likeness (QED) is 0.860. The molecule has 0 radical (unpaired) electrons. The van der Waals surface area contributed by atoms with E-state index in [2.05, 4.69) is 4.98 Å². The highest BCUT2D eigenvalue weighted by molar-refractivity contribution is 5.71. The van der Waals surface area contributed by atoms with Crippen LogP contribution in [0.25, 0.3) is 11.3 Å². The largest absolute Gasteiger partial charge is 0.383 e. The molecular formula is C14H17F2N3. The second-order valence-electron chi connectivity index (χ2n) is 5.58. The maximum absolute atomic E-state index is 13.8. The van der Waals surface area contributed by atoms with Crippen LogP contribution in [-0.2, 0) is 12.5 Å². The van der Waals surface area contributed by atoms with E-state index in [0.29, 0.717) is 5.82 Å². The van der Waals surface area contributed by atoms with Gasteiger partial charge < -0.3 is 10.3 Å². The zero-order valence-corrected chi connectivity index (χ0v) is 11.5. The van der Waals surface area contributed by atoms with E-state index in [4.69, 9.17) is 5.73 Å². The smallest absolute Gasteiger partial charge is 0.168 e. The predicted octanol–water partition coefficient (Wildman–Crippen LogP) is 3.25. The predicted molar refractivity (Wildman–Crippen MR) is 71.7 cm³/mol. The first-order chi connectivity index (χ1) is 8.73. The number of benzene rings is 1. The molecule has 102 valence electrons. The minimum atomic E-state index is -0.923. The molecule has 2 aromatic rings. The van der Waals surface area contributed by atoms with Crippen molar-refractivity contribution in [2.75, 3.05) is 5.73 Å². The lowest BCUT2D eigenvalue weighted by Gasteiger charge is -2.17. The highest BCUT2D eigenvalue weighted by Crippen LogP contribution is 2.32. The Morgan fingerprint density at radius 2 is 1.84 bits per heavy atom. The highest BCUT2D eigenvalue weighted by Gasteiger charge is 2.25. The molecule has 1 aromatic carbocycles. The van der Waals surface area contributed by atoms with Crippen LogP contribution < -0.4 is 5.73 Å². The normalized spacial score (nSPS) is 11.9. The molecule has 19 heavy (non-hydrogen) atoms. The Morgan fingerprint density at radius 1 is 1.21 bits per heavy atom. The zero-order valence-electron chi connectivity index (χ0n) is 11.5. The van der Waals surface area contributed by atoms with Gasteiger partial charge in [0.25, 0.3) is 0 Å². The van der Waals surface area contributed by atoms with E-state index in [9.17, 15) is 8.78 Å². The number of hydrogen-bond acceptors (Lipinski definition) is 2. The van der Waals surface area contributed by atoms with Crippen LogP contribution in [-0.4, -0.2) is 9.55 Å². The Kier molecular flexibility index (Phi) is 3.08. The molecule has 0 saturated heterocycles. The van der Waals surface area contributed by atoms with Crippen LogP contribution in [0.3, 0.4) is 0 Å². The SMILES string of the molecule is Cn1c(C(C)(C)C)nc(-c2cccc(F)c2F)c1N. The highest BCUT2D eigenvalue weighted by atomic mass is 19.2. The van der Waals surface area contributed by atoms with Gasteiger partial charge in [0.1, 0.15) is 17.3 Å². The third-order valence-electron chi connectivity index (χ3n) is 3.02. The topological polar surface area (TPSA) is 43.8 Å². The van der Waals surface area contributed by atoms with Gasteiger partial charge in [0, 0.05) is 18.0 Å². The molecule has 0 atom stereocenters. The summed E-state index contributed by atoms with van der Waals surface area (Å²) in [5.41, 5.74) is 6.10. The lowest BCUT2D eigenvalue weighted by Crippen LogP contribution is -2.17. The number of hydrogen-bond donors (Lipinski definition) is 1. The third kappa shape index (κ3) is 2.20. The van der Waals surface area contributed by atoms with Gasteiger partial charge in [-0.05, 0) is 12.1 Å².